The summed E-state index contributed by atoms with van der Waals surface area (Å²) in [6.07, 6.45) is 14.1. The molecule has 230 valence electrons. The van der Waals surface area contributed by atoms with Crippen molar-refractivity contribution >= 4 is 11.9 Å². The third-order valence-electron chi connectivity index (χ3n) is 8.65. The molecule has 0 saturated heterocycles. The second-order valence-corrected chi connectivity index (χ2v) is 13.1. The number of rotatable bonds is 16. The molecule has 2 rings (SSSR count). The number of benzene rings is 1. The Morgan fingerprint density at radius 2 is 1.27 bits per heavy atom. The number of phenols is 1. The molecule has 6 nitrogen and oxygen atoms in total. The quantitative estimate of drug-likeness (QED) is 0.185. The molecule has 3 atom stereocenters. The van der Waals surface area contributed by atoms with Crippen molar-refractivity contribution in [1.29, 1.82) is 0 Å². The van der Waals surface area contributed by atoms with Crippen LogP contribution in [0.3, 0.4) is 0 Å². The lowest BCUT2D eigenvalue weighted by atomic mass is 9.84. The third kappa shape index (κ3) is 13.0. The number of phenolic OH excluding ortho intramolecular Hbond substituents is 1. The smallest absolute Gasteiger partial charge is 0.303 e. The molecule has 1 aliphatic heterocycles. The number of fused-ring (bicyclic) bond motifs is 1. The monoisotopic (exact) mass is 562 g/mol. The maximum absolute atomic E-state index is 10.4. The van der Waals surface area contributed by atoms with Crippen LogP contribution in [0.25, 0.3) is 0 Å². The van der Waals surface area contributed by atoms with Gasteiger partial charge in [0, 0.05) is 18.4 Å². The summed E-state index contributed by atoms with van der Waals surface area (Å²) in [5.41, 5.74) is 4.23. The molecule has 0 aliphatic carbocycles. The van der Waals surface area contributed by atoms with E-state index in [0.29, 0.717) is 5.75 Å². The van der Waals surface area contributed by atoms with Crippen LogP contribution in [-0.2, 0) is 16.0 Å². The molecule has 1 heterocycles. The predicted octanol–water partition coefficient (Wildman–Crippen LogP) is 9.17. The summed E-state index contributed by atoms with van der Waals surface area (Å²) in [7, 11) is 0. The number of carboxylic acid groups (broad SMARTS) is 2. The van der Waals surface area contributed by atoms with Gasteiger partial charge in [0.05, 0.1) is 0 Å². The van der Waals surface area contributed by atoms with E-state index in [1.54, 1.807) is 0 Å². The number of aliphatic carboxylic acids is 2. The van der Waals surface area contributed by atoms with Gasteiger partial charge in [-0.3, -0.25) is 9.59 Å². The minimum Gasteiger partial charge on any atom is -0.507 e. The Kier molecular flexibility index (Phi) is 15.7. The molecule has 1 aromatic carbocycles. The van der Waals surface area contributed by atoms with Crippen LogP contribution in [0.2, 0.25) is 0 Å². The first-order valence-corrected chi connectivity index (χ1v) is 15.6. The largest absolute Gasteiger partial charge is 0.507 e. The van der Waals surface area contributed by atoms with E-state index in [1.165, 1.54) is 56.9 Å². The Labute approximate surface area is 243 Å². The Morgan fingerprint density at radius 3 is 1.77 bits per heavy atom. The zero-order valence-electron chi connectivity index (χ0n) is 26.7. The minimum atomic E-state index is -0.948. The van der Waals surface area contributed by atoms with E-state index in [1.807, 2.05) is 13.8 Å². The number of hydrogen-bond acceptors (Lipinski definition) is 4. The molecule has 1 aliphatic rings. The zero-order valence-corrected chi connectivity index (χ0v) is 26.7. The molecule has 0 radical (unpaired) electrons. The molecule has 0 spiro atoms. The van der Waals surface area contributed by atoms with Crippen LogP contribution in [0.4, 0.5) is 0 Å². The lowest BCUT2D eigenvalue weighted by Crippen LogP contribution is -2.37. The lowest BCUT2D eigenvalue weighted by Gasteiger charge is -2.38. The van der Waals surface area contributed by atoms with Crippen LogP contribution in [-0.4, -0.2) is 32.9 Å². The first kappa shape index (κ1) is 35.8. The molecule has 3 N–H and O–H groups in total. The van der Waals surface area contributed by atoms with Gasteiger partial charge in [0.15, 0.2) is 0 Å². The highest BCUT2D eigenvalue weighted by atomic mass is 16.5. The summed E-state index contributed by atoms with van der Waals surface area (Å²) >= 11 is 0. The van der Waals surface area contributed by atoms with Crippen molar-refractivity contribution in [1.82, 2.24) is 0 Å². The van der Waals surface area contributed by atoms with E-state index in [9.17, 15) is 14.7 Å². The van der Waals surface area contributed by atoms with Crippen molar-refractivity contribution in [2.24, 2.45) is 17.8 Å². The van der Waals surface area contributed by atoms with Gasteiger partial charge in [0.25, 0.3) is 0 Å². The fraction of sp³-hybridized carbons (Fsp3) is 0.765. The second kappa shape index (κ2) is 17.5. The van der Waals surface area contributed by atoms with Crippen molar-refractivity contribution in [3.8, 4) is 11.5 Å². The van der Waals surface area contributed by atoms with E-state index in [2.05, 4.69) is 41.5 Å². The summed E-state index contributed by atoms with van der Waals surface area (Å²) < 4.78 is 6.60. The number of hydrogen-bond donors (Lipinski definition) is 3. The molecule has 6 heteroatoms. The Bertz CT molecular complexity index is 923. The van der Waals surface area contributed by atoms with E-state index >= 15 is 0 Å². The predicted molar refractivity (Wildman–Crippen MR) is 164 cm³/mol. The topological polar surface area (TPSA) is 104 Å². The van der Waals surface area contributed by atoms with Gasteiger partial charge in [-0.05, 0) is 94.2 Å². The van der Waals surface area contributed by atoms with Gasteiger partial charge in [-0.2, -0.15) is 0 Å². The molecule has 0 aromatic heterocycles. The van der Waals surface area contributed by atoms with Crippen LogP contribution >= 0.6 is 0 Å². The number of ether oxygens (including phenoxy) is 1. The van der Waals surface area contributed by atoms with Gasteiger partial charge in [-0.1, -0.05) is 72.6 Å². The summed E-state index contributed by atoms with van der Waals surface area (Å²) in [6.45, 7) is 17.9. The van der Waals surface area contributed by atoms with Crippen LogP contribution < -0.4 is 4.74 Å². The van der Waals surface area contributed by atoms with Gasteiger partial charge in [0.1, 0.15) is 17.1 Å². The summed E-state index contributed by atoms with van der Waals surface area (Å²) in [5, 5.41) is 26.5. The highest BCUT2D eigenvalue weighted by molar-refractivity contribution is 5.69. The third-order valence-corrected chi connectivity index (χ3v) is 8.65. The minimum absolute atomic E-state index is 0.0632. The van der Waals surface area contributed by atoms with E-state index in [0.717, 1.165) is 59.5 Å². The molecule has 0 bridgehead atoms. The zero-order chi connectivity index (χ0) is 30.5. The van der Waals surface area contributed by atoms with Crippen LogP contribution in [0.1, 0.15) is 140 Å². The van der Waals surface area contributed by atoms with Crippen molar-refractivity contribution in [3.63, 3.8) is 0 Å². The van der Waals surface area contributed by atoms with E-state index in [-0.39, 0.29) is 24.9 Å². The summed E-state index contributed by atoms with van der Waals surface area (Å²) in [6, 6.07) is 0. The highest BCUT2D eigenvalue weighted by Gasteiger charge is 2.34. The number of carboxylic acids is 2. The number of carbonyl (C=O) groups is 2. The van der Waals surface area contributed by atoms with Gasteiger partial charge in [0.2, 0.25) is 0 Å². The molecular formula is C34H58O6. The van der Waals surface area contributed by atoms with E-state index < -0.39 is 11.9 Å². The fourth-order valence-corrected chi connectivity index (χ4v) is 5.66. The Morgan fingerprint density at radius 1 is 0.775 bits per heavy atom. The molecule has 1 aromatic rings. The van der Waals surface area contributed by atoms with Crippen LogP contribution in [0, 0.1) is 38.5 Å². The van der Waals surface area contributed by atoms with Gasteiger partial charge >= 0.3 is 11.9 Å². The van der Waals surface area contributed by atoms with Crippen molar-refractivity contribution in [2.75, 3.05) is 0 Å². The highest BCUT2D eigenvalue weighted by Crippen LogP contribution is 2.44. The van der Waals surface area contributed by atoms with Crippen molar-refractivity contribution < 1.29 is 29.6 Å². The van der Waals surface area contributed by atoms with Crippen molar-refractivity contribution in [3.05, 3.63) is 22.3 Å². The maximum Gasteiger partial charge on any atom is 0.303 e. The number of aromatic hydroxyl groups is 1. The van der Waals surface area contributed by atoms with Gasteiger partial charge < -0.3 is 20.1 Å². The Hall–Kier alpha value is -2.24. The van der Waals surface area contributed by atoms with Crippen LogP contribution in [0.5, 0.6) is 11.5 Å². The van der Waals surface area contributed by atoms with Gasteiger partial charge in [-0.25, -0.2) is 0 Å². The molecular weight excluding hydrogens is 504 g/mol. The molecule has 2 unspecified atom stereocenters. The average molecular weight is 563 g/mol. The van der Waals surface area contributed by atoms with Crippen LogP contribution in [0.15, 0.2) is 0 Å². The Balaban J connectivity index is 0.000000763. The molecule has 0 fully saturated rings. The molecule has 0 amide bonds. The van der Waals surface area contributed by atoms with E-state index in [4.69, 9.17) is 14.9 Å². The summed E-state index contributed by atoms with van der Waals surface area (Å²) in [4.78, 5) is 19.6. The maximum atomic E-state index is 10.4. The SMILES string of the molecule is Cc1c(C)c2c(c(C)c1O)CC[C@@](C)(CCCC(C)CCCC(C)CCCC(C)C)O2.O=C(O)CCCC(=O)O. The van der Waals surface area contributed by atoms with Crippen molar-refractivity contribution in [2.45, 2.75) is 151 Å². The normalized spacial score (nSPS) is 17.8. The molecule has 40 heavy (non-hydrogen) atoms. The fourth-order valence-electron chi connectivity index (χ4n) is 5.66. The van der Waals surface area contributed by atoms with Gasteiger partial charge in [-0.15, -0.1) is 0 Å². The first-order valence-electron chi connectivity index (χ1n) is 15.6. The lowest BCUT2D eigenvalue weighted by molar-refractivity contribution is -0.138. The molecule has 0 saturated carbocycles. The second-order valence-electron chi connectivity index (χ2n) is 13.1. The summed E-state index contributed by atoms with van der Waals surface area (Å²) in [5.74, 6) is 2.14. The average Bonchev–Trinajstić information content (AvgIpc) is 2.86. The first-order chi connectivity index (χ1) is 18.7. The standard InChI is InChI=1S/C29H50O2.C5H8O4/c1-20(2)12-9-13-21(3)14-10-15-22(4)16-11-18-29(8)19-17-26-25(7)27(30)23(5)24(6)28(26)31-29;6-4(7)2-1-3-5(8)9/h20-22,30H,9-19H2,1-8H3;1-3H2,(H,6,7)(H,8,9)/t21?,22?,29-;/m1./s1.